The number of nitrogens with one attached hydrogen (secondary N) is 2. The van der Waals surface area contributed by atoms with Crippen molar-refractivity contribution in [2.45, 2.75) is 33.6 Å². The fraction of sp³-hybridized carbons (Fsp3) is 0.300. The van der Waals surface area contributed by atoms with Crippen LogP contribution in [0.2, 0.25) is 0 Å². The summed E-state index contributed by atoms with van der Waals surface area (Å²) in [7, 11) is 0. The molecule has 1 aliphatic carbocycles. The lowest BCUT2D eigenvalue weighted by atomic mass is 10.0. The zero-order chi connectivity index (χ0) is 17.3. The molecule has 2 N–H and O–H groups in total. The van der Waals surface area contributed by atoms with Crippen LogP contribution in [-0.2, 0) is 9.59 Å². The number of carbonyl (C=O) groups excluding carboxylic acids is 2. The molecule has 1 aliphatic rings. The predicted octanol–water partition coefficient (Wildman–Crippen LogP) is 3.97. The van der Waals surface area contributed by atoms with Crippen LogP contribution < -0.4 is 10.6 Å². The van der Waals surface area contributed by atoms with Crippen molar-refractivity contribution in [1.29, 1.82) is 0 Å². The minimum Gasteiger partial charge on any atom is -0.325 e. The van der Waals surface area contributed by atoms with Gasteiger partial charge in [-0.2, -0.15) is 0 Å². The predicted molar refractivity (Wildman–Crippen MR) is 96.0 cm³/mol. The first kappa shape index (κ1) is 16.2. The van der Waals surface area contributed by atoms with E-state index in [0.29, 0.717) is 12.8 Å². The van der Waals surface area contributed by atoms with E-state index in [1.54, 1.807) is 0 Å². The molecule has 0 radical (unpaired) electrons. The van der Waals surface area contributed by atoms with Crippen LogP contribution in [0.4, 0.5) is 11.4 Å². The van der Waals surface area contributed by atoms with Crippen LogP contribution in [0.15, 0.2) is 42.5 Å². The summed E-state index contributed by atoms with van der Waals surface area (Å²) >= 11 is 0. The molecule has 3 rings (SSSR count). The van der Waals surface area contributed by atoms with E-state index in [1.807, 2.05) is 63.2 Å². The molecule has 1 saturated carbocycles. The molecule has 4 heteroatoms. The molecular weight excluding hydrogens is 300 g/mol. The number of hydrogen-bond acceptors (Lipinski definition) is 2. The summed E-state index contributed by atoms with van der Waals surface area (Å²) in [6, 6.07) is 13.5. The Hall–Kier alpha value is -2.62. The van der Waals surface area contributed by atoms with Gasteiger partial charge >= 0.3 is 0 Å². The van der Waals surface area contributed by atoms with Crippen molar-refractivity contribution in [3.05, 3.63) is 59.2 Å². The molecule has 0 heterocycles. The summed E-state index contributed by atoms with van der Waals surface area (Å²) in [6.45, 7) is 5.94. The third-order valence-corrected chi connectivity index (χ3v) is 4.37. The summed E-state index contributed by atoms with van der Waals surface area (Å²) in [5.41, 5.74) is 3.76. The van der Waals surface area contributed by atoms with Crippen LogP contribution in [0.1, 0.15) is 29.5 Å². The van der Waals surface area contributed by atoms with E-state index >= 15 is 0 Å². The van der Waals surface area contributed by atoms with E-state index in [-0.39, 0.29) is 11.8 Å². The van der Waals surface area contributed by atoms with Gasteiger partial charge in [-0.05, 0) is 74.6 Å². The lowest BCUT2D eigenvalue weighted by molar-refractivity contribution is -0.131. The topological polar surface area (TPSA) is 58.2 Å². The van der Waals surface area contributed by atoms with Crippen LogP contribution in [0.3, 0.4) is 0 Å². The van der Waals surface area contributed by atoms with Crippen molar-refractivity contribution in [2.24, 2.45) is 5.41 Å². The van der Waals surface area contributed by atoms with Crippen molar-refractivity contribution in [3.8, 4) is 0 Å². The number of rotatable bonds is 4. The molecule has 2 amide bonds. The maximum Gasteiger partial charge on any atom is 0.240 e. The molecule has 0 unspecified atom stereocenters. The van der Waals surface area contributed by atoms with Gasteiger partial charge in [0.25, 0.3) is 0 Å². The minimum absolute atomic E-state index is 0.224. The third kappa shape index (κ3) is 3.32. The van der Waals surface area contributed by atoms with Crippen LogP contribution >= 0.6 is 0 Å². The zero-order valence-corrected chi connectivity index (χ0v) is 14.3. The molecule has 0 aliphatic heterocycles. The van der Waals surface area contributed by atoms with Gasteiger partial charge < -0.3 is 10.6 Å². The van der Waals surface area contributed by atoms with E-state index in [0.717, 1.165) is 28.1 Å². The number of anilines is 2. The molecule has 0 atom stereocenters. The summed E-state index contributed by atoms with van der Waals surface area (Å²) in [5, 5.41) is 5.78. The van der Waals surface area contributed by atoms with E-state index < -0.39 is 5.41 Å². The van der Waals surface area contributed by atoms with Crippen molar-refractivity contribution in [2.75, 3.05) is 10.6 Å². The average molecular weight is 322 g/mol. The highest BCUT2D eigenvalue weighted by Gasteiger charge is 2.56. The number of aryl methyl sites for hydroxylation is 3. The van der Waals surface area contributed by atoms with Gasteiger partial charge in [0.15, 0.2) is 0 Å². The highest BCUT2D eigenvalue weighted by atomic mass is 16.2. The van der Waals surface area contributed by atoms with Gasteiger partial charge in [0.2, 0.25) is 11.8 Å². The van der Waals surface area contributed by atoms with Gasteiger partial charge in [-0.3, -0.25) is 9.59 Å². The summed E-state index contributed by atoms with van der Waals surface area (Å²) < 4.78 is 0. The monoisotopic (exact) mass is 322 g/mol. The molecule has 0 aromatic heterocycles. The lowest BCUT2D eigenvalue weighted by Crippen LogP contribution is -2.35. The fourth-order valence-corrected chi connectivity index (χ4v) is 2.95. The summed E-state index contributed by atoms with van der Waals surface area (Å²) in [5.74, 6) is -0.451. The maximum absolute atomic E-state index is 12.6. The number of carbonyl (C=O) groups is 2. The minimum atomic E-state index is -0.943. The molecule has 124 valence electrons. The largest absolute Gasteiger partial charge is 0.325 e. The van der Waals surface area contributed by atoms with Crippen LogP contribution in [-0.4, -0.2) is 11.8 Å². The Kier molecular flexibility index (Phi) is 4.14. The standard InChI is InChI=1S/C20H22N2O2/c1-13-5-4-6-16(10-13)21-18(23)20(7-8-20)19(24)22-17-11-14(2)9-15(3)12-17/h4-6,9-12H,7-8H2,1-3H3,(H,21,23)(H,22,24). The molecule has 1 fully saturated rings. The van der Waals surface area contributed by atoms with Crippen molar-refractivity contribution in [1.82, 2.24) is 0 Å². The molecular formula is C20H22N2O2. The van der Waals surface area contributed by atoms with Crippen LogP contribution in [0, 0.1) is 26.2 Å². The Morgan fingerprint density at radius 1 is 0.792 bits per heavy atom. The molecule has 2 aromatic rings. The van der Waals surface area contributed by atoms with Gasteiger partial charge in [0, 0.05) is 11.4 Å². The second-order valence-corrected chi connectivity index (χ2v) is 6.74. The Labute approximate surface area is 142 Å². The summed E-state index contributed by atoms with van der Waals surface area (Å²) in [6.07, 6.45) is 1.17. The van der Waals surface area contributed by atoms with Crippen molar-refractivity contribution in [3.63, 3.8) is 0 Å². The normalized spacial score (nSPS) is 14.8. The first-order valence-electron chi connectivity index (χ1n) is 8.17. The van der Waals surface area contributed by atoms with Crippen molar-refractivity contribution >= 4 is 23.2 Å². The first-order valence-corrected chi connectivity index (χ1v) is 8.17. The molecule has 0 bridgehead atoms. The Bertz CT molecular complexity index is 787. The molecule has 2 aromatic carbocycles. The Morgan fingerprint density at radius 3 is 1.88 bits per heavy atom. The Morgan fingerprint density at radius 2 is 1.33 bits per heavy atom. The first-order chi connectivity index (χ1) is 11.4. The van der Waals surface area contributed by atoms with Gasteiger partial charge in [-0.1, -0.05) is 18.2 Å². The van der Waals surface area contributed by atoms with Gasteiger partial charge in [0.1, 0.15) is 5.41 Å². The SMILES string of the molecule is Cc1cccc(NC(=O)C2(C(=O)Nc3cc(C)cc(C)c3)CC2)c1. The lowest BCUT2D eigenvalue weighted by Gasteiger charge is -2.16. The maximum atomic E-state index is 12.6. The smallest absolute Gasteiger partial charge is 0.240 e. The van der Waals surface area contributed by atoms with Gasteiger partial charge in [-0.25, -0.2) is 0 Å². The fourth-order valence-electron chi connectivity index (χ4n) is 2.95. The molecule has 0 saturated heterocycles. The zero-order valence-electron chi connectivity index (χ0n) is 14.3. The second kappa shape index (κ2) is 6.11. The molecule has 0 spiro atoms. The quantitative estimate of drug-likeness (QED) is 0.837. The van der Waals surface area contributed by atoms with Crippen LogP contribution in [0.5, 0.6) is 0 Å². The average Bonchev–Trinajstić information content (AvgIpc) is 3.27. The highest BCUT2D eigenvalue weighted by Crippen LogP contribution is 2.47. The van der Waals surface area contributed by atoms with E-state index in [2.05, 4.69) is 10.6 Å². The molecule has 24 heavy (non-hydrogen) atoms. The van der Waals surface area contributed by atoms with E-state index in [9.17, 15) is 9.59 Å². The van der Waals surface area contributed by atoms with Crippen LogP contribution in [0.25, 0.3) is 0 Å². The number of hydrogen-bond donors (Lipinski definition) is 2. The molecule has 4 nitrogen and oxygen atoms in total. The van der Waals surface area contributed by atoms with Gasteiger partial charge in [-0.15, -0.1) is 0 Å². The van der Waals surface area contributed by atoms with E-state index in [4.69, 9.17) is 0 Å². The number of amides is 2. The van der Waals surface area contributed by atoms with Crippen molar-refractivity contribution < 1.29 is 9.59 Å². The highest BCUT2D eigenvalue weighted by molar-refractivity contribution is 6.16. The van der Waals surface area contributed by atoms with Gasteiger partial charge in [0.05, 0.1) is 0 Å². The van der Waals surface area contributed by atoms with E-state index in [1.165, 1.54) is 0 Å². The third-order valence-electron chi connectivity index (χ3n) is 4.37. The number of benzene rings is 2. The summed E-state index contributed by atoms with van der Waals surface area (Å²) in [4.78, 5) is 25.2. The Balaban J connectivity index is 1.72. The second-order valence-electron chi connectivity index (χ2n) is 6.74.